The van der Waals surface area contributed by atoms with Gasteiger partial charge >= 0.3 is 0 Å². The van der Waals surface area contributed by atoms with Crippen LogP contribution in [0.4, 0.5) is 0 Å². The first-order chi connectivity index (χ1) is 9.02. The molecule has 0 aromatic heterocycles. The highest BCUT2D eigenvalue weighted by Crippen LogP contribution is 2.31. The molecule has 1 atom stereocenters. The topological polar surface area (TPSA) is 35.2 Å². The molecule has 0 aliphatic carbocycles. The average molecular weight is 341 g/mol. The first-order valence-corrected chi connectivity index (χ1v) is 7.05. The molecule has 0 spiro atoms. The van der Waals surface area contributed by atoms with Gasteiger partial charge < -0.3 is 10.5 Å². The fraction of sp³-hybridized carbons (Fsp3) is 0.200. The molecule has 0 amide bonds. The summed E-state index contributed by atoms with van der Waals surface area (Å²) >= 11 is 9.64. The summed E-state index contributed by atoms with van der Waals surface area (Å²) in [6.45, 7) is 2.02. The SMILES string of the molecule is COc1ccc(C(N)c2ccc(Br)cc2Cl)c(C)c1. The smallest absolute Gasteiger partial charge is 0.119 e. The minimum absolute atomic E-state index is 0.244. The maximum atomic E-state index is 6.32. The quantitative estimate of drug-likeness (QED) is 0.895. The lowest BCUT2D eigenvalue weighted by molar-refractivity contribution is 0.414. The summed E-state index contributed by atoms with van der Waals surface area (Å²) in [6.07, 6.45) is 0. The molecular weight excluding hydrogens is 326 g/mol. The average Bonchev–Trinajstić information content (AvgIpc) is 2.37. The highest BCUT2D eigenvalue weighted by atomic mass is 79.9. The van der Waals surface area contributed by atoms with Crippen LogP contribution in [0.2, 0.25) is 5.02 Å². The highest BCUT2D eigenvalue weighted by molar-refractivity contribution is 9.10. The van der Waals surface area contributed by atoms with Gasteiger partial charge in [0.15, 0.2) is 0 Å². The largest absolute Gasteiger partial charge is 0.497 e. The number of hydrogen-bond acceptors (Lipinski definition) is 2. The maximum Gasteiger partial charge on any atom is 0.119 e. The van der Waals surface area contributed by atoms with E-state index < -0.39 is 0 Å². The summed E-state index contributed by atoms with van der Waals surface area (Å²) in [7, 11) is 1.65. The second kappa shape index (κ2) is 5.95. The van der Waals surface area contributed by atoms with Gasteiger partial charge in [0.2, 0.25) is 0 Å². The summed E-state index contributed by atoms with van der Waals surface area (Å²) < 4.78 is 6.15. The highest BCUT2D eigenvalue weighted by Gasteiger charge is 2.15. The van der Waals surface area contributed by atoms with E-state index in [1.807, 2.05) is 43.3 Å². The third kappa shape index (κ3) is 3.11. The van der Waals surface area contributed by atoms with Gasteiger partial charge in [-0.05, 0) is 47.9 Å². The van der Waals surface area contributed by atoms with Gasteiger partial charge in [-0.2, -0.15) is 0 Å². The maximum absolute atomic E-state index is 6.32. The molecule has 4 heteroatoms. The summed E-state index contributed by atoms with van der Waals surface area (Å²) in [4.78, 5) is 0. The van der Waals surface area contributed by atoms with Gasteiger partial charge in [-0.15, -0.1) is 0 Å². The first kappa shape index (κ1) is 14.4. The number of hydrogen-bond donors (Lipinski definition) is 1. The molecule has 0 heterocycles. The van der Waals surface area contributed by atoms with Crippen LogP contribution in [0.5, 0.6) is 5.75 Å². The van der Waals surface area contributed by atoms with Gasteiger partial charge in [0.1, 0.15) is 5.75 Å². The molecule has 0 fully saturated rings. The van der Waals surface area contributed by atoms with Gasteiger partial charge in [-0.25, -0.2) is 0 Å². The molecule has 2 rings (SSSR count). The molecule has 2 aromatic carbocycles. The Kier molecular flexibility index (Phi) is 4.50. The van der Waals surface area contributed by atoms with Gasteiger partial charge in [0.05, 0.1) is 13.2 Å². The van der Waals surface area contributed by atoms with E-state index in [-0.39, 0.29) is 6.04 Å². The lowest BCUT2D eigenvalue weighted by Gasteiger charge is -2.17. The summed E-state index contributed by atoms with van der Waals surface area (Å²) in [5, 5.41) is 0.664. The van der Waals surface area contributed by atoms with Crippen molar-refractivity contribution in [3.8, 4) is 5.75 Å². The zero-order valence-corrected chi connectivity index (χ0v) is 13.1. The Morgan fingerprint density at radius 1 is 1.16 bits per heavy atom. The third-order valence-electron chi connectivity index (χ3n) is 3.11. The number of aryl methyl sites for hydroxylation is 1. The van der Waals surface area contributed by atoms with E-state index in [0.717, 1.165) is 26.9 Å². The zero-order chi connectivity index (χ0) is 14.0. The molecule has 0 saturated heterocycles. The summed E-state index contributed by atoms with van der Waals surface area (Å²) in [5.41, 5.74) is 9.37. The molecule has 100 valence electrons. The minimum atomic E-state index is -0.244. The van der Waals surface area contributed by atoms with E-state index in [2.05, 4.69) is 15.9 Å². The molecule has 0 aliphatic heterocycles. The van der Waals surface area contributed by atoms with Crippen LogP contribution in [0.25, 0.3) is 0 Å². The number of benzene rings is 2. The zero-order valence-electron chi connectivity index (χ0n) is 10.8. The summed E-state index contributed by atoms with van der Waals surface area (Å²) in [6, 6.07) is 11.4. The normalized spacial score (nSPS) is 12.3. The van der Waals surface area contributed by atoms with Crippen LogP contribution in [0.15, 0.2) is 40.9 Å². The van der Waals surface area contributed by atoms with Gasteiger partial charge in [-0.1, -0.05) is 39.7 Å². The standard InChI is InChI=1S/C15H15BrClNO/c1-9-7-11(19-2)4-6-12(9)15(18)13-5-3-10(16)8-14(13)17/h3-8,15H,18H2,1-2H3. The Bertz CT molecular complexity index is 601. The van der Waals surface area contributed by atoms with Crippen molar-refractivity contribution in [2.75, 3.05) is 7.11 Å². The molecule has 19 heavy (non-hydrogen) atoms. The van der Waals surface area contributed by atoms with Gasteiger partial charge in [-0.3, -0.25) is 0 Å². The third-order valence-corrected chi connectivity index (χ3v) is 3.93. The molecule has 0 bridgehead atoms. The van der Waals surface area contributed by atoms with E-state index in [9.17, 15) is 0 Å². The van der Waals surface area contributed by atoms with E-state index in [1.165, 1.54) is 0 Å². The number of rotatable bonds is 3. The van der Waals surface area contributed by atoms with Crippen molar-refractivity contribution in [3.05, 3.63) is 62.6 Å². The molecule has 1 unspecified atom stereocenters. The summed E-state index contributed by atoms with van der Waals surface area (Å²) in [5.74, 6) is 0.829. The molecule has 0 saturated carbocycles. The van der Waals surface area contributed by atoms with Crippen molar-refractivity contribution in [2.45, 2.75) is 13.0 Å². The number of halogens is 2. The second-order valence-electron chi connectivity index (χ2n) is 4.37. The molecule has 2 aromatic rings. The molecule has 2 N–H and O–H groups in total. The van der Waals surface area contributed by atoms with Crippen LogP contribution in [-0.4, -0.2) is 7.11 Å². The Hall–Kier alpha value is -1.03. The molecule has 0 aliphatic rings. The molecule has 2 nitrogen and oxygen atoms in total. The number of methoxy groups -OCH3 is 1. The van der Waals surface area contributed by atoms with Crippen LogP contribution >= 0.6 is 27.5 Å². The minimum Gasteiger partial charge on any atom is -0.497 e. The molecule has 0 radical (unpaired) electrons. The van der Waals surface area contributed by atoms with Crippen molar-refractivity contribution < 1.29 is 4.74 Å². The fourth-order valence-electron chi connectivity index (χ4n) is 2.05. The monoisotopic (exact) mass is 339 g/mol. The Balaban J connectivity index is 2.41. The van der Waals surface area contributed by atoms with E-state index in [1.54, 1.807) is 7.11 Å². The van der Waals surface area contributed by atoms with Crippen molar-refractivity contribution in [1.82, 2.24) is 0 Å². The Morgan fingerprint density at radius 3 is 2.42 bits per heavy atom. The number of ether oxygens (including phenoxy) is 1. The van der Waals surface area contributed by atoms with Crippen molar-refractivity contribution >= 4 is 27.5 Å². The van der Waals surface area contributed by atoms with Crippen LogP contribution in [0, 0.1) is 6.92 Å². The first-order valence-electron chi connectivity index (χ1n) is 5.88. The van der Waals surface area contributed by atoms with Crippen molar-refractivity contribution in [1.29, 1.82) is 0 Å². The lowest BCUT2D eigenvalue weighted by Crippen LogP contribution is -2.13. The second-order valence-corrected chi connectivity index (χ2v) is 5.69. The number of nitrogens with two attached hydrogens (primary N) is 1. The van der Waals surface area contributed by atoms with Crippen molar-refractivity contribution in [3.63, 3.8) is 0 Å². The van der Waals surface area contributed by atoms with Crippen LogP contribution in [-0.2, 0) is 0 Å². The van der Waals surface area contributed by atoms with E-state index in [0.29, 0.717) is 5.02 Å². The Labute approximate surface area is 126 Å². The van der Waals surface area contributed by atoms with Gasteiger partial charge in [0, 0.05) is 9.50 Å². The van der Waals surface area contributed by atoms with Crippen molar-refractivity contribution in [2.24, 2.45) is 5.73 Å². The van der Waals surface area contributed by atoms with Gasteiger partial charge in [0.25, 0.3) is 0 Å². The van der Waals surface area contributed by atoms with Crippen LogP contribution in [0.1, 0.15) is 22.7 Å². The van der Waals surface area contributed by atoms with E-state index >= 15 is 0 Å². The molecular formula is C15H15BrClNO. The van der Waals surface area contributed by atoms with Crippen LogP contribution in [0.3, 0.4) is 0 Å². The Morgan fingerprint density at radius 2 is 1.84 bits per heavy atom. The van der Waals surface area contributed by atoms with Crippen LogP contribution < -0.4 is 10.5 Å². The fourth-order valence-corrected chi connectivity index (χ4v) is 2.84. The predicted molar refractivity (Wildman–Crippen MR) is 82.9 cm³/mol. The predicted octanol–water partition coefficient (Wildman–Crippen LogP) is 4.47. The van der Waals surface area contributed by atoms with E-state index in [4.69, 9.17) is 22.1 Å². The lowest BCUT2D eigenvalue weighted by atomic mass is 9.95.